The summed E-state index contributed by atoms with van der Waals surface area (Å²) in [5, 5.41) is 2.59. The molecule has 2 aromatic carbocycles. The van der Waals surface area contributed by atoms with E-state index in [2.05, 4.69) is 23.8 Å². The van der Waals surface area contributed by atoms with Crippen LogP contribution in [0.3, 0.4) is 0 Å². The van der Waals surface area contributed by atoms with E-state index in [9.17, 15) is 22.0 Å². The number of nitrogens with one attached hydrogen (secondary N) is 2. The Bertz CT molecular complexity index is 1520. The van der Waals surface area contributed by atoms with Crippen LogP contribution >= 0.6 is 35.0 Å². The molecule has 0 bridgehead atoms. The summed E-state index contributed by atoms with van der Waals surface area (Å²) in [5.74, 6) is -3.09. The molecule has 1 unspecified atom stereocenters. The summed E-state index contributed by atoms with van der Waals surface area (Å²) in [4.78, 5) is 18.8. The molecule has 1 heterocycles. The van der Waals surface area contributed by atoms with Crippen molar-refractivity contribution in [1.29, 1.82) is 0 Å². The first-order valence-corrected chi connectivity index (χ1v) is 19.5. The zero-order chi connectivity index (χ0) is 35.1. The fourth-order valence-electron chi connectivity index (χ4n) is 5.10. The average Bonchev–Trinajstić information content (AvgIpc) is 3.45. The highest BCUT2D eigenvalue weighted by atomic mass is 35.5. The Hall–Kier alpha value is -2.14. The number of thiophene rings is 1. The molecule has 0 aliphatic heterocycles. The third kappa shape index (κ3) is 13.6. The van der Waals surface area contributed by atoms with Gasteiger partial charge in [-0.15, -0.1) is 20.7 Å². The number of ether oxygens (including phenoxy) is 1. The Morgan fingerprint density at radius 1 is 1.00 bits per heavy atom. The number of hydrogen-bond acceptors (Lipinski definition) is 11. The number of carbonyl (C=O) groups is 1. The zero-order valence-corrected chi connectivity index (χ0v) is 30.5. The fraction of sp³-hybridized carbons (Fsp3) is 0.485. The van der Waals surface area contributed by atoms with E-state index in [1.165, 1.54) is 11.3 Å². The number of sulfone groups is 1. The number of rotatable bonds is 22. The van der Waals surface area contributed by atoms with Crippen molar-refractivity contribution < 1.29 is 36.1 Å². The highest BCUT2D eigenvalue weighted by molar-refractivity contribution is 7.96. The largest absolute Gasteiger partial charge is 0.458 e. The third-order valence-corrected chi connectivity index (χ3v) is 11.7. The van der Waals surface area contributed by atoms with Crippen LogP contribution in [0, 0.1) is 11.6 Å². The van der Waals surface area contributed by atoms with Gasteiger partial charge < -0.3 is 15.8 Å². The number of hydrogen-bond donors (Lipinski definition) is 3. The van der Waals surface area contributed by atoms with E-state index in [4.69, 9.17) is 31.4 Å². The molecule has 3 rings (SSSR count). The second kappa shape index (κ2) is 20.5. The van der Waals surface area contributed by atoms with E-state index >= 15 is 0 Å². The van der Waals surface area contributed by atoms with Crippen LogP contribution < -0.4 is 16.5 Å². The second-order valence-electron chi connectivity index (χ2n) is 11.4. The monoisotopic (exact) mass is 747 g/mol. The fourth-order valence-corrected chi connectivity index (χ4v) is 8.90. The topological polar surface area (TPSA) is 129 Å². The van der Waals surface area contributed by atoms with Crippen LogP contribution in [0.25, 0.3) is 0 Å². The van der Waals surface area contributed by atoms with Crippen molar-refractivity contribution in [1.82, 2.24) is 10.8 Å². The molecule has 266 valence electrons. The van der Waals surface area contributed by atoms with Crippen molar-refractivity contribution in [3.63, 3.8) is 0 Å². The molecule has 3 aromatic rings. The average molecular weight is 748 g/mol. The van der Waals surface area contributed by atoms with Gasteiger partial charge in [0.1, 0.15) is 23.8 Å². The van der Waals surface area contributed by atoms with E-state index in [1.54, 1.807) is 12.1 Å². The molecule has 0 aliphatic rings. The van der Waals surface area contributed by atoms with Gasteiger partial charge in [0, 0.05) is 25.2 Å². The van der Waals surface area contributed by atoms with Crippen molar-refractivity contribution in [2.24, 2.45) is 5.73 Å². The van der Waals surface area contributed by atoms with Crippen molar-refractivity contribution in [2.45, 2.75) is 93.5 Å². The van der Waals surface area contributed by atoms with Crippen molar-refractivity contribution in [3.05, 3.63) is 87.3 Å². The van der Waals surface area contributed by atoms with Crippen LogP contribution in [0.5, 0.6) is 0 Å². The molecule has 3 atom stereocenters. The van der Waals surface area contributed by atoms with Crippen LogP contribution in [0.1, 0.15) is 63.1 Å². The van der Waals surface area contributed by atoms with Crippen LogP contribution in [0.2, 0.25) is 4.34 Å². The molecular formula is C33H44ClF2N3O6S3. The quantitative estimate of drug-likeness (QED) is 0.0335. The number of hydroxylamine groups is 1. The van der Waals surface area contributed by atoms with E-state index in [0.717, 1.165) is 47.8 Å². The summed E-state index contributed by atoms with van der Waals surface area (Å²) in [6, 6.07) is 12.0. The highest BCUT2D eigenvalue weighted by Crippen LogP contribution is 2.30. The maximum Gasteiger partial charge on any atom is 0.327 e. The van der Waals surface area contributed by atoms with Crippen LogP contribution in [0.15, 0.2) is 58.8 Å². The lowest BCUT2D eigenvalue weighted by molar-refractivity contribution is -0.253. The van der Waals surface area contributed by atoms with Gasteiger partial charge in [0.05, 0.1) is 31.6 Å². The number of carbonyl (C=O) groups excluding carboxylic acids is 1. The Kier molecular flexibility index (Phi) is 17.2. The van der Waals surface area contributed by atoms with Gasteiger partial charge in [-0.3, -0.25) is 4.79 Å². The summed E-state index contributed by atoms with van der Waals surface area (Å²) in [5.41, 5.74) is 11.3. The van der Waals surface area contributed by atoms with Gasteiger partial charge in [-0.25, -0.2) is 17.2 Å². The normalized spacial score (nSPS) is 13.8. The molecule has 0 amide bonds. The molecule has 48 heavy (non-hydrogen) atoms. The number of benzene rings is 2. The lowest BCUT2D eigenvalue weighted by atomic mass is 10.0. The SMILES string of the molecule is CCCC(CCC)S(=O)(=O)CC(NOOSc1ccc(Cl)s1)C(=O)O[C@H](CNCc1cccc(CC)c1)[C@@H](N)Cc1cc(F)cc(F)c1. The van der Waals surface area contributed by atoms with Gasteiger partial charge in [-0.1, -0.05) is 69.5 Å². The number of aryl methyl sites for hydroxylation is 1. The molecular weight excluding hydrogens is 704 g/mol. The predicted octanol–water partition coefficient (Wildman–Crippen LogP) is 6.73. The van der Waals surface area contributed by atoms with Crippen LogP contribution in [-0.4, -0.2) is 50.1 Å². The molecule has 0 saturated carbocycles. The number of halogens is 3. The smallest absolute Gasteiger partial charge is 0.327 e. The minimum atomic E-state index is -3.80. The summed E-state index contributed by atoms with van der Waals surface area (Å²) < 4.78 is 67.1. The molecule has 9 nitrogen and oxygen atoms in total. The van der Waals surface area contributed by atoms with Gasteiger partial charge in [0.2, 0.25) is 0 Å². The highest BCUT2D eigenvalue weighted by Gasteiger charge is 2.35. The molecule has 0 spiro atoms. The first-order chi connectivity index (χ1) is 22.9. The minimum Gasteiger partial charge on any atom is -0.458 e. The summed E-state index contributed by atoms with van der Waals surface area (Å²) in [7, 11) is -3.80. The molecule has 1 aromatic heterocycles. The number of esters is 1. The van der Waals surface area contributed by atoms with Gasteiger partial charge in [-0.05, 0) is 66.6 Å². The van der Waals surface area contributed by atoms with E-state index in [0.29, 0.717) is 40.8 Å². The molecule has 15 heteroatoms. The standard InChI is InChI=1S/C33H44ClF2N3O6S3/c1-4-8-27(9-5-2)48(41,42)21-29(39-44-45-47-32-13-12-31(34)46-32)33(40)43-30(20-38-19-23-11-7-10-22(6-3)14-23)28(37)17-24-15-25(35)18-26(36)16-24/h7,10-16,18,27-30,38-39H,4-6,8-9,17,19-21,37H2,1-3H3/t28-,29?,30+/m0/s1. The van der Waals surface area contributed by atoms with Crippen molar-refractivity contribution in [2.75, 3.05) is 12.3 Å². The Labute approximate surface area is 295 Å². The summed E-state index contributed by atoms with van der Waals surface area (Å²) in [6.07, 6.45) is 1.99. The van der Waals surface area contributed by atoms with E-state index < -0.39 is 56.6 Å². The van der Waals surface area contributed by atoms with Crippen LogP contribution in [-0.2, 0) is 48.1 Å². The maximum absolute atomic E-state index is 14.0. The second-order valence-corrected chi connectivity index (χ2v) is 16.5. The van der Waals surface area contributed by atoms with Crippen LogP contribution in [0.4, 0.5) is 8.78 Å². The molecule has 0 fully saturated rings. The van der Waals surface area contributed by atoms with E-state index in [1.807, 2.05) is 32.0 Å². The first kappa shape index (κ1) is 40.3. The zero-order valence-electron chi connectivity index (χ0n) is 27.3. The molecule has 0 saturated heterocycles. The minimum absolute atomic E-state index is 0.0231. The van der Waals surface area contributed by atoms with Gasteiger partial charge in [-0.2, -0.15) is 5.48 Å². The molecule has 4 N–H and O–H groups in total. The lowest BCUT2D eigenvalue weighted by Gasteiger charge is -2.27. The third-order valence-electron chi connectivity index (χ3n) is 7.51. The lowest BCUT2D eigenvalue weighted by Crippen LogP contribution is -2.51. The van der Waals surface area contributed by atoms with Crippen molar-refractivity contribution in [3.8, 4) is 0 Å². The van der Waals surface area contributed by atoms with Gasteiger partial charge >= 0.3 is 5.97 Å². The predicted molar refractivity (Wildman–Crippen MR) is 187 cm³/mol. The van der Waals surface area contributed by atoms with Crippen molar-refractivity contribution >= 4 is 50.8 Å². The van der Waals surface area contributed by atoms with Gasteiger partial charge in [0.25, 0.3) is 0 Å². The summed E-state index contributed by atoms with van der Waals surface area (Å²) >= 11 is 8.02. The van der Waals surface area contributed by atoms with E-state index in [-0.39, 0.29) is 18.5 Å². The molecule has 0 radical (unpaired) electrons. The molecule has 0 aliphatic carbocycles. The van der Waals surface area contributed by atoms with Gasteiger partial charge in [0.15, 0.2) is 9.84 Å². The number of nitrogens with two attached hydrogens (primary N) is 1. The Balaban J connectivity index is 1.80. The summed E-state index contributed by atoms with van der Waals surface area (Å²) in [6.45, 7) is 6.35. The maximum atomic E-state index is 14.0. The Morgan fingerprint density at radius 3 is 2.31 bits per heavy atom. The Morgan fingerprint density at radius 2 is 1.69 bits per heavy atom. The first-order valence-electron chi connectivity index (χ1n) is 15.9.